The van der Waals surface area contributed by atoms with Gasteiger partial charge < -0.3 is 14.4 Å². The first-order valence-electron chi connectivity index (χ1n) is 10.4. The normalized spacial score (nSPS) is 17.7. The predicted molar refractivity (Wildman–Crippen MR) is 109 cm³/mol. The van der Waals surface area contributed by atoms with Gasteiger partial charge in [0.1, 0.15) is 17.1 Å². The van der Waals surface area contributed by atoms with Gasteiger partial charge in [-0.2, -0.15) is 5.26 Å². The number of benzene rings is 1. The third-order valence-corrected chi connectivity index (χ3v) is 5.54. The average Bonchev–Trinajstić information content (AvgIpc) is 2.65. The first-order chi connectivity index (χ1) is 13.0. The molecule has 0 saturated heterocycles. The minimum Gasteiger partial charge on any atom is -0.493 e. The van der Waals surface area contributed by atoms with E-state index in [4.69, 9.17) is 9.47 Å². The zero-order valence-electron chi connectivity index (χ0n) is 17.2. The number of aryl methyl sites for hydroxylation is 1. The van der Waals surface area contributed by atoms with Crippen LogP contribution in [0, 0.1) is 11.5 Å². The summed E-state index contributed by atoms with van der Waals surface area (Å²) < 4.78 is 12.7. The van der Waals surface area contributed by atoms with Gasteiger partial charge in [-0.15, -0.1) is 0 Å². The molecule has 0 amide bonds. The Hall–Kier alpha value is -2.15. The molecule has 27 heavy (non-hydrogen) atoms. The van der Waals surface area contributed by atoms with Gasteiger partial charge in [-0.3, -0.25) is 0 Å². The SMILES string of the molecule is CCCCCc1cc(OCCC)c2c(c1)OC(C)(C)C1=C2CN(C#N)CC1. The van der Waals surface area contributed by atoms with Crippen molar-refractivity contribution in [3.05, 3.63) is 28.8 Å². The molecule has 2 heterocycles. The van der Waals surface area contributed by atoms with Crippen molar-refractivity contribution in [3.63, 3.8) is 0 Å². The molecular formula is C23H32N2O2. The van der Waals surface area contributed by atoms with Gasteiger partial charge in [-0.25, -0.2) is 0 Å². The van der Waals surface area contributed by atoms with Crippen LogP contribution >= 0.6 is 0 Å². The Morgan fingerprint density at radius 2 is 2.04 bits per heavy atom. The molecular weight excluding hydrogens is 336 g/mol. The fourth-order valence-electron chi connectivity index (χ4n) is 4.15. The molecule has 146 valence electrons. The smallest absolute Gasteiger partial charge is 0.179 e. The van der Waals surface area contributed by atoms with Gasteiger partial charge in [0, 0.05) is 6.54 Å². The summed E-state index contributed by atoms with van der Waals surface area (Å²) in [6.45, 7) is 10.7. The van der Waals surface area contributed by atoms with E-state index in [-0.39, 0.29) is 5.60 Å². The molecule has 0 atom stereocenters. The molecule has 0 saturated carbocycles. The summed E-state index contributed by atoms with van der Waals surface area (Å²) in [5.74, 6) is 1.84. The molecule has 0 aliphatic carbocycles. The van der Waals surface area contributed by atoms with E-state index in [0.29, 0.717) is 13.2 Å². The topological polar surface area (TPSA) is 45.5 Å². The highest BCUT2D eigenvalue weighted by molar-refractivity contribution is 5.82. The van der Waals surface area contributed by atoms with Crippen molar-refractivity contribution in [1.29, 1.82) is 5.26 Å². The van der Waals surface area contributed by atoms with Crippen LogP contribution in [0.25, 0.3) is 5.57 Å². The zero-order valence-corrected chi connectivity index (χ0v) is 17.2. The van der Waals surface area contributed by atoms with Crippen LogP contribution in [0.4, 0.5) is 0 Å². The van der Waals surface area contributed by atoms with Gasteiger partial charge in [0.25, 0.3) is 0 Å². The van der Waals surface area contributed by atoms with Crippen LogP contribution in [-0.2, 0) is 6.42 Å². The number of fused-ring (bicyclic) bond motifs is 2. The van der Waals surface area contributed by atoms with Crippen LogP contribution < -0.4 is 9.47 Å². The van der Waals surface area contributed by atoms with Crippen LogP contribution in [0.3, 0.4) is 0 Å². The van der Waals surface area contributed by atoms with Crippen LogP contribution in [0.1, 0.15) is 70.9 Å². The van der Waals surface area contributed by atoms with Crippen molar-refractivity contribution in [1.82, 2.24) is 4.90 Å². The van der Waals surface area contributed by atoms with Gasteiger partial charge in [-0.1, -0.05) is 26.7 Å². The largest absolute Gasteiger partial charge is 0.493 e. The quantitative estimate of drug-likeness (QED) is 0.483. The number of unbranched alkanes of at least 4 members (excludes halogenated alkanes) is 2. The van der Waals surface area contributed by atoms with E-state index in [1.807, 2.05) is 4.90 Å². The van der Waals surface area contributed by atoms with Crippen molar-refractivity contribution >= 4 is 5.57 Å². The number of ether oxygens (including phenoxy) is 2. The van der Waals surface area contributed by atoms with Crippen molar-refractivity contribution in [3.8, 4) is 17.7 Å². The van der Waals surface area contributed by atoms with E-state index in [1.54, 1.807) is 0 Å². The molecule has 4 nitrogen and oxygen atoms in total. The molecule has 0 radical (unpaired) electrons. The molecule has 0 bridgehead atoms. The number of nitriles is 1. The molecule has 0 spiro atoms. The molecule has 4 heteroatoms. The maximum absolute atomic E-state index is 9.43. The summed E-state index contributed by atoms with van der Waals surface area (Å²) in [4.78, 5) is 1.84. The highest BCUT2D eigenvalue weighted by Crippen LogP contribution is 2.48. The lowest BCUT2D eigenvalue weighted by Crippen LogP contribution is -2.41. The monoisotopic (exact) mass is 368 g/mol. The van der Waals surface area contributed by atoms with Gasteiger partial charge in [0.05, 0.1) is 18.7 Å². The molecule has 0 aromatic heterocycles. The van der Waals surface area contributed by atoms with E-state index >= 15 is 0 Å². The minimum atomic E-state index is -0.339. The molecule has 0 fully saturated rings. The highest BCUT2D eigenvalue weighted by Gasteiger charge is 2.39. The molecule has 0 unspecified atom stereocenters. The Balaban J connectivity index is 2.06. The van der Waals surface area contributed by atoms with E-state index < -0.39 is 0 Å². The van der Waals surface area contributed by atoms with E-state index in [0.717, 1.165) is 42.9 Å². The molecule has 1 aromatic carbocycles. The molecule has 1 aromatic rings. The van der Waals surface area contributed by atoms with E-state index in [9.17, 15) is 5.26 Å². The first kappa shape index (κ1) is 19.6. The van der Waals surface area contributed by atoms with Crippen molar-refractivity contribution < 1.29 is 9.47 Å². The van der Waals surface area contributed by atoms with Gasteiger partial charge >= 0.3 is 0 Å². The van der Waals surface area contributed by atoms with Crippen LogP contribution in [0.2, 0.25) is 0 Å². The van der Waals surface area contributed by atoms with Crippen molar-refractivity contribution in [2.75, 3.05) is 19.7 Å². The molecule has 2 aliphatic heterocycles. The standard InChI is InChI=1S/C23H32N2O2/c1-5-7-8-9-17-13-20(26-12-6-2)22-18-15-25(16-24)11-10-19(18)23(3,4)27-21(22)14-17/h13-14H,5-12,15H2,1-4H3. The summed E-state index contributed by atoms with van der Waals surface area (Å²) in [6, 6.07) is 4.39. The lowest BCUT2D eigenvalue weighted by Gasteiger charge is -2.41. The number of rotatable bonds is 7. The van der Waals surface area contributed by atoms with Gasteiger partial charge in [0.15, 0.2) is 6.19 Å². The Labute approximate surface area is 163 Å². The Kier molecular flexibility index (Phi) is 5.99. The summed E-state index contributed by atoms with van der Waals surface area (Å²) in [6.07, 6.45) is 8.83. The highest BCUT2D eigenvalue weighted by atomic mass is 16.5. The van der Waals surface area contributed by atoms with E-state index in [1.165, 1.54) is 36.0 Å². The first-order valence-corrected chi connectivity index (χ1v) is 10.4. The Morgan fingerprint density at radius 3 is 2.74 bits per heavy atom. The van der Waals surface area contributed by atoms with Gasteiger partial charge in [0.2, 0.25) is 0 Å². The fourth-order valence-corrected chi connectivity index (χ4v) is 4.15. The Morgan fingerprint density at radius 1 is 1.22 bits per heavy atom. The molecule has 2 aliphatic rings. The second-order valence-corrected chi connectivity index (χ2v) is 8.11. The van der Waals surface area contributed by atoms with Crippen LogP contribution in [-0.4, -0.2) is 30.2 Å². The van der Waals surface area contributed by atoms with E-state index in [2.05, 4.69) is 46.0 Å². The zero-order chi connectivity index (χ0) is 19.4. The average molecular weight is 369 g/mol. The maximum atomic E-state index is 9.43. The third-order valence-electron chi connectivity index (χ3n) is 5.54. The number of nitrogens with zero attached hydrogens (tertiary/aromatic N) is 2. The summed E-state index contributed by atoms with van der Waals surface area (Å²) in [7, 11) is 0. The summed E-state index contributed by atoms with van der Waals surface area (Å²) in [5.41, 5.74) is 4.54. The second kappa shape index (κ2) is 8.25. The van der Waals surface area contributed by atoms with Crippen LogP contribution in [0.5, 0.6) is 11.5 Å². The lowest BCUT2D eigenvalue weighted by atomic mass is 9.81. The predicted octanol–water partition coefficient (Wildman–Crippen LogP) is 5.32. The maximum Gasteiger partial charge on any atom is 0.179 e. The second-order valence-electron chi connectivity index (χ2n) is 8.11. The third kappa shape index (κ3) is 4.08. The fraction of sp³-hybridized carbons (Fsp3) is 0.609. The number of hydrogen-bond donors (Lipinski definition) is 0. The van der Waals surface area contributed by atoms with Crippen molar-refractivity contribution in [2.45, 2.75) is 71.8 Å². The van der Waals surface area contributed by atoms with Crippen molar-refractivity contribution in [2.24, 2.45) is 0 Å². The molecule has 0 N–H and O–H groups in total. The summed E-state index contributed by atoms with van der Waals surface area (Å²) in [5, 5.41) is 9.43. The lowest BCUT2D eigenvalue weighted by molar-refractivity contribution is 0.133. The molecule has 3 rings (SSSR count). The number of hydrogen-bond acceptors (Lipinski definition) is 4. The summed E-state index contributed by atoms with van der Waals surface area (Å²) >= 11 is 0. The van der Waals surface area contributed by atoms with Gasteiger partial charge in [-0.05, 0) is 68.4 Å². The Bertz CT molecular complexity index is 758. The van der Waals surface area contributed by atoms with Crippen LogP contribution in [0.15, 0.2) is 17.7 Å². The minimum absolute atomic E-state index is 0.339.